The van der Waals surface area contributed by atoms with Crippen LogP contribution in [0.3, 0.4) is 0 Å². The summed E-state index contributed by atoms with van der Waals surface area (Å²) in [5, 5.41) is 11.6. The van der Waals surface area contributed by atoms with Gasteiger partial charge in [0.15, 0.2) is 0 Å². The Morgan fingerprint density at radius 2 is 1.85 bits per heavy atom. The van der Waals surface area contributed by atoms with Crippen molar-refractivity contribution < 1.29 is 14.7 Å². The highest BCUT2D eigenvalue weighted by Crippen LogP contribution is 2.24. The Morgan fingerprint density at radius 3 is 2.45 bits per heavy atom. The lowest BCUT2D eigenvalue weighted by Crippen LogP contribution is -2.12. The first-order valence-corrected chi connectivity index (χ1v) is 7.44. The van der Waals surface area contributed by atoms with E-state index in [1.54, 1.807) is 24.3 Å². The first-order chi connectivity index (χ1) is 9.47. The Hall–Kier alpha value is -1.41. The molecule has 0 aliphatic carbocycles. The molecule has 0 saturated carbocycles. The minimum Gasteiger partial charge on any atom is -0.478 e. The van der Waals surface area contributed by atoms with E-state index in [2.05, 4.69) is 43.8 Å². The number of aromatic carboxylic acids is 1. The van der Waals surface area contributed by atoms with Crippen molar-refractivity contribution in [1.29, 1.82) is 0 Å². The number of rotatable bonds is 3. The van der Waals surface area contributed by atoms with Gasteiger partial charge in [0.05, 0.1) is 11.3 Å². The minimum absolute atomic E-state index is 0.157. The zero-order valence-electron chi connectivity index (χ0n) is 10.1. The lowest BCUT2D eigenvalue weighted by Gasteiger charge is -2.08. The van der Waals surface area contributed by atoms with Crippen LogP contribution in [0.1, 0.15) is 20.7 Å². The number of carbonyl (C=O) groups excluding carboxylic acids is 1. The maximum Gasteiger partial charge on any atom is 0.335 e. The average molecular weight is 446 g/mol. The van der Waals surface area contributed by atoms with E-state index >= 15 is 0 Å². The molecule has 0 fully saturated rings. The summed E-state index contributed by atoms with van der Waals surface area (Å²) < 4.78 is 1.49. The predicted octanol–water partition coefficient (Wildman–Crippen LogP) is 4.00. The number of halogens is 2. The first-order valence-electron chi connectivity index (χ1n) is 5.57. The molecule has 0 aliphatic heterocycles. The molecule has 2 aromatic rings. The lowest BCUT2D eigenvalue weighted by atomic mass is 10.2. The molecule has 4 nitrogen and oxygen atoms in total. The zero-order chi connectivity index (χ0) is 14.7. The van der Waals surface area contributed by atoms with Crippen molar-refractivity contribution in [3.8, 4) is 0 Å². The van der Waals surface area contributed by atoms with Gasteiger partial charge in [0.1, 0.15) is 0 Å². The van der Waals surface area contributed by atoms with E-state index in [0.29, 0.717) is 15.7 Å². The molecule has 0 heterocycles. The van der Waals surface area contributed by atoms with Gasteiger partial charge in [0, 0.05) is 13.6 Å². The van der Waals surface area contributed by atoms with Crippen molar-refractivity contribution >= 4 is 56.1 Å². The van der Waals surface area contributed by atoms with Gasteiger partial charge < -0.3 is 10.4 Å². The van der Waals surface area contributed by atoms with E-state index in [1.807, 2.05) is 6.07 Å². The zero-order valence-corrected chi connectivity index (χ0v) is 13.8. The van der Waals surface area contributed by atoms with Gasteiger partial charge in [0.25, 0.3) is 5.91 Å². The van der Waals surface area contributed by atoms with E-state index in [0.717, 1.165) is 3.57 Å². The summed E-state index contributed by atoms with van der Waals surface area (Å²) in [5.41, 5.74) is 1.23. The van der Waals surface area contributed by atoms with Crippen LogP contribution in [-0.4, -0.2) is 17.0 Å². The number of hydrogen-bond donors (Lipinski definition) is 2. The number of carboxylic acids is 1. The van der Waals surface area contributed by atoms with Gasteiger partial charge in [-0.15, -0.1) is 0 Å². The Labute approximate surface area is 137 Å². The van der Waals surface area contributed by atoms with Gasteiger partial charge in [-0.3, -0.25) is 4.79 Å². The van der Waals surface area contributed by atoms with Crippen molar-refractivity contribution in [2.45, 2.75) is 0 Å². The molecule has 0 aliphatic rings. The number of carbonyl (C=O) groups is 2. The van der Waals surface area contributed by atoms with Gasteiger partial charge in [-0.05, 0) is 74.9 Å². The third kappa shape index (κ3) is 3.57. The molecule has 0 atom stereocenters. The summed E-state index contributed by atoms with van der Waals surface area (Å²) in [6.45, 7) is 0. The molecule has 0 bridgehead atoms. The highest BCUT2D eigenvalue weighted by Gasteiger charge is 2.11. The van der Waals surface area contributed by atoms with Crippen LogP contribution in [0.2, 0.25) is 0 Å². The van der Waals surface area contributed by atoms with Gasteiger partial charge in [-0.2, -0.15) is 0 Å². The van der Waals surface area contributed by atoms with E-state index in [4.69, 9.17) is 5.11 Å². The van der Waals surface area contributed by atoms with Gasteiger partial charge in [-0.1, -0.05) is 6.07 Å². The molecule has 20 heavy (non-hydrogen) atoms. The summed E-state index contributed by atoms with van der Waals surface area (Å²) >= 11 is 5.38. The molecule has 0 aromatic heterocycles. The third-order valence-electron chi connectivity index (χ3n) is 2.55. The molecule has 0 radical (unpaired) electrons. The summed E-state index contributed by atoms with van der Waals surface area (Å²) in [7, 11) is 0. The Balaban J connectivity index is 2.22. The number of carboxylic acid groups (broad SMARTS) is 1. The molecule has 2 N–H and O–H groups in total. The number of hydrogen-bond acceptors (Lipinski definition) is 2. The SMILES string of the molecule is O=C(O)c1ccc(NC(=O)c2cccc(I)c2)c(Br)c1. The quantitative estimate of drug-likeness (QED) is 0.701. The van der Waals surface area contributed by atoms with Gasteiger partial charge in [0.2, 0.25) is 0 Å². The van der Waals surface area contributed by atoms with Crippen molar-refractivity contribution in [3.05, 3.63) is 61.6 Å². The van der Waals surface area contributed by atoms with Crippen LogP contribution in [0, 0.1) is 3.57 Å². The van der Waals surface area contributed by atoms with E-state index < -0.39 is 5.97 Å². The molecule has 2 aromatic carbocycles. The van der Waals surface area contributed by atoms with Crippen LogP contribution in [0.4, 0.5) is 5.69 Å². The van der Waals surface area contributed by atoms with Crippen molar-refractivity contribution in [2.24, 2.45) is 0 Å². The highest BCUT2D eigenvalue weighted by atomic mass is 127. The fourth-order valence-electron chi connectivity index (χ4n) is 1.57. The number of amides is 1. The van der Waals surface area contributed by atoms with Gasteiger partial charge >= 0.3 is 5.97 Å². The van der Waals surface area contributed by atoms with Crippen LogP contribution in [0.25, 0.3) is 0 Å². The summed E-state index contributed by atoms with van der Waals surface area (Å²) in [6.07, 6.45) is 0. The molecular formula is C14H9BrINO3. The largest absolute Gasteiger partial charge is 0.478 e. The molecule has 0 unspecified atom stereocenters. The van der Waals surface area contributed by atoms with E-state index in [1.165, 1.54) is 12.1 Å². The minimum atomic E-state index is -1.01. The van der Waals surface area contributed by atoms with Crippen LogP contribution in [0.5, 0.6) is 0 Å². The Bertz CT molecular complexity index is 688. The maximum absolute atomic E-state index is 12.1. The molecule has 0 saturated heterocycles. The standard InChI is InChI=1S/C14H9BrINO3/c15-11-7-9(14(19)20)4-5-12(11)17-13(18)8-2-1-3-10(16)6-8/h1-7H,(H,17,18)(H,19,20). The molecule has 6 heteroatoms. The Kier molecular flexibility index (Phi) is 4.77. The molecule has 1 amide bonds. The molecule has 2 rings (SSSR count). The smallest absolute Gasteiger partial charge is 0.335 e. The molecule has 102 valence electrons. The van der Waals surface area contributed by atoms with Crippen molar-refractivity contribution in [3.63, 3.8) is 0 Å². The number of benzene rings is 2. The normalized spacial score (nSPS) is 10.1. The van der Waals surface area contributed by atoms with Crippen LogP contribution in [0.15, 0.2) is 46.9 Å². The number of nitrogens with one attached hydrogen (secondary N) is 1. The highest BCUT2D eigenvalue weighted by molar-refractivity contribution is 14.1. The summed E-state index contributed by atoms with van der Waals surface area (Å²) in [4.78, 5) is 22.9. The van der Waals surface area contributed by atoms with Crippen LogP contribution in [-0.2, 0) is 0 Å². The fourth-order valence-corrected chi connectivity index (χ4v) is 2.59. The van der Waals surface area contributed by atoms with Crippen LogP contribution < -0.4 is 5.32 Å². The van der Waals surface area contributed by atoms with E-state index in [9.17, 15) is 9.59 Å². The van der Waals surface area contributed by atoms with Crippen LogP contribution >= 0.6 is 38.5 Å². The topological polar surface area (TPSA) is 66.4 Å². The fraction of sp³-hybridized carbons (Fsp3) is 0. The predicted molar refractivity (Wildman–Crippen MR) is 88.2 cm³/mol. The monoisotopic (exact) mass is 445 g/mol. The lowest BCUT2D eigenvalue weighted by molar-refractivity contribution is 0.0696. The summed E-state index contributed by atoms with van der Waals surface area (Å²) in [6, 6.07) is 11.6. The third-order valence-corrected chi connectivity index (χ3v) is 3.88. The second kappa shape index (κ2) is 6.36. The van der Waals surface area contributed by atoms with Gasteiger partial charge in [-0.25, -0.2) is 4.79 Å². The Morgan fingerprint density at radius 1 is 1.10 bits per heavy atom. The first kappa shape index (κ1) is 15.0. The molecular weight excluding hydrogens is 437 g/mol. The summed E-state index contributed by atoms with van der Waals surface area (Å²) in [5.74, 6) is -1.26. The van der Waals surface area contributed by atoms with Crippen molar-refractivity contribution in [1.82, 2.24) is 0 Å². The maximum atomic E-state index is 12.1. The second-order valence-corrected chi connectivity index (χ2v) is 6.06. The second-order valence-electron chi connectivity index (χ2n) is 3.96. The molecule has 0 spiro atoms. The van der Waals surface area contributed by atoms with Crippen molar-refractivity contribution in [2.75, 3.05) is 5.32 Å². The number of anilines is 1. The van der Waals surface area contributed by atoms with E-state index in [-0.39, 0.29) is 11.5 Å². The average Bonchev–Trinajstić information content (AvgIpc) is 2.40.